The first-order chi connectivity index (χ1) is 15.2. The third kappa shape index (κ3) is 6.47. The normalized spacial score (nSPS) is 12.5. The van der Waals surface area contributed by atoms with Gasteiger partial charge >= 0.3 is 12.5 Å². The van der Waals surface area contributed by atoms with Crippen molar-refractivity contribution < 1.29 is 35.1 Å². The maximum atomic E-state index is 14.0. The quantitative estimate of drug-likeness (QED) is 0.244. The third-order valence-corrected chi connectivity index (χ3v) is 5.73. The monoisotopic (exact) mass is 513 g/mol. The van der Waals surface area contributed by atoms with Gasteiger partial charge in [-0.3, -0.25) is 0 Å². The minimum atomic E-state index is -4.99. The van der Waals surface area contributed by atoms with Crippen molar-refractivity contribution in [3.63, 3.8) is 0 Å². The number of ether oxygens (including phenoxy) is 1. The molecule has 0 amide bonds. The number of aliphatic imine (C=N–C) groups is 1. The summed E-state index contributed by atoms with van der Waals surface area (Å²) in [6.07, 6.45) is -6.87. The number of benzene rings is 2. The van der Waals surface area contributed by atoms with E-state index in [1.165, 1.54) is 18.5 Å². The highest BCUT2D eigenvalue weighted by atomic mass is 35.5. The predicted molar refractivity (Wildman–Crippen MR) is 118 cm³/mol. The van der Waals surface area contributed by atoms with Crippen molar-refractivity contribution >= 4 is 45.0 Å². The summed E-state index contributed by atoms with van der Waals surface area (Å²) in [6, 6.07) is 4.97. The number of aryl methyl sites for hydroxylation is 1. The van der Waals surface area contributed by atoms with Gasteiger partial charge in [0.1, 0.15) is 0 Å². The summed E-state index contributed by atoms with van der Waals surface area (Å²) < 4.78 is 95.3. The van der Waals surface area contributed by atoms with Crippen molar-refractivity contribution in [2.75, 3.05) is 24.2 Å². The van der Waals surface area contributed by atoms with E-state index in [1.54, 1.807) is 18.9 Å². The number of anilines is 2. The largest absolute Gasteiger partial charge is 0.461 e. The van der Waals surface area contributed by atoms with Crippen molar-refractivity contribution in [1.29, 1.82) is 0 Å². The van der Waals surface area contributed by atoms with Crippen LogP contribution in [0.4, 0.5) is 39.0 Å². The predicted octanol–water partition coefficient (Wildman–Crippen LogP) is 5.73. The molecule has 0 aliphatic carbocycles. The summed E-state index contributed by atoms with van der Waals surface area (Å²) in [6.45, 7) is 4.14. The molecule has 0 saturated carbocycles. The maximum absolute atomic E-state index is 14.0. The van der Waals surface area contributed by atoms with Gasteiger partial charge in [-0.15, -0.1) is 0 Å². The molecule has 0 unspecified atom stereocenters. The van der Waals surface area contributed by atoms with Gasteiger partial charge in [0.2, 0.25) is 10.0 Å². The summed E-state index contributed by atoms with van der Waals surface area (Å²) in [5.41, 5.74) is 0.399. The fourth-order valence-corrected chi connectivity index (χ4v) is 3.87. The summed E-state index contributed by atoms with van der Waals surface area (Å²) in [7, 11) is -2.34. The molecule has 33 heavy (non-hydrogen) atoms. The minimum Gasteiger partial charge on any atom is -0.425 e. The molecule has 0 spiro atoms. The first kappa shape index (κ1) is 26.7. The third-order valence-electron chi connectivity index (χ3n) is 4.36. The molecule has 2 aromatic rings. The zero-order valence-electron chi connectivity index (χ0n) is 18.0. The van der Waals surface area contributed by atoms with E-state index in [0.717, 1.165) is 12.3 Å². The van der Waals surface area contributed by atoms with Crippen molar-refractivity contribution in [2.24, 2.45) is 4.99 Å². The Bertz CT molecular complexity index is 1150. The highest BCUT2D eigenvalue weighted by Crippen LogP contribution is 2.40. The van der Waals surface area contributed by atoms with E-state index < -0.39 is 34.1 Å². The molecule has 0 radical (unpaired) electrons. The van der Waals surface area contributed by atoms with E-state index in [9.17, 15) is 30.4 Å². The van der Waals surface area contributed by atoms with E-state index in [-0.39, 0.29) is 16.4 Å². The molecule has 0 saturated heterocycles. The highest BCUT2D eigenvalue weighted by Gasteiger charge is 2.44. The van der Waals surface area contributed by atoms with Crippen molar-refractivity contribution in [2.45, 2.75) is 26.4 Å². The van der Waals surface area contributed by atoms with E-state index >= 15 is 0 Å². The lowest BCUT2D eigenvalue weighted by Crippen LogP contribution is -2.34. The van der Waals surface area contributed by atoms with Crippen LogP contribution in [-0.2, 0) is 10.0 Å². The summed E-state index contributed by atoms with van der Waals surface area (Å²) >= 11 is 6.27. The van der Waals surface area contributed by atoms with Gasteiger partial charge in [-0.25, -0.2) is 22.1 Å². The van der Waals surface area contributed by atoms with Crippen LogP contribution >= 0.6 is 11.6 Å². The molecule has 182 valence electrons. The summed E-state index contributed by atoms with van der Waals surface area (Å²) in [5, 5.41) is 0.0767. The second-order valence-corrected chi connectivity index (χ2v) is 9.25. The van der Waals surface area contributed by atoms with Gasteiger partial charge in [0.25, 0.3) is 0 Å². The average Bonchev–Trinajstić information content (AvgIpc) is 2.70. The Morgan fingerprint density at radius 2 is 1.88 bits per heavy atom. The lowest BCUT2D eigenvalue weighted by atomic mass is 10.1. The Labute approximate surface area is 193 Å². The molecule has 0 heterocycles. The number of nitrogens with zero attached hydrogens (tertiary/aromatic N) is 3. The van der Waals surface area contributed by atoms with Gasteiger partial charge < -0.3 is 9.64 Å². The Morgan fingerprint density at radius 3 is 2.42 bits per heavy atom. The number of hydrogen-bond donors (Lipinski definition) is 0. The Hall–Kier alpha value is -2.60. The topological polar surface area (TPSA) is 62.2 Å². The zero-order chi connectivity index (χ0) is 25.1. The zero-order valence-corrected chi connectivity index (χ0v) is 19.6. The molecular weight excluding hydrogens is 493 g/mol. The molecule has 2 aromatic carbocycles. The minimum absolute atomic E-state index is 0.0171. The lowest BCUT2D eigenvalue weighted by Gasteiger charge is -2.26. The second-order valence-electron chi connectivity index (χ2n) is 7.01. The molecule has 0 atom stereocenters. The Morgan fingerprint density at radius 1 is 1.24 bits per heavy atom. The SMILES string of the molecule is CCN(C)C=Nc1cc(C)c(N(c2ccc(F)c(OC(F)(F)C(F)F)c2)S(C)(=O)=O)cc1Cl. The molecule has 0 aromatic heterocycles. The number of halogens is 6. The number of rotatable bonds is 9. The van der Waals surface area contributed by atoms with Crippen LogP contribution in [0, 0.1) is 12.7 Å². The molecule has 2 rings (SSSR count). The van der Waals surface area contributed by atoms with Gasteiger partial charge in [0.05, 0.1) is 34.7 Å². The second kappa shape index (κ2) is 10.1. The Balaban J connectivity index is 2.60. The van der Waals surface area contributed by atoms with Gasteiger partial charge in [-0.2, -0.15) is 17.6 Å². The molecule has 0 bridgehead atoms. The molecule has 13 heteroatoms. The Kier molecular flexibility index (Phi) is 8.18. The van der Waals surface area contributed by atoms with Gasteiger partial charge in [0, 0.05) is 19.7 Å². The number of sulfonamides is 1. The van der Waals surface area contributed by atoms with Crippen molar-refractivity contribution in [3.8, 4) is 5.75 Å². The first-order valence-corrected chi connectivity index (χ1v) is 11.6. The van der Waals surface area contributed by atoms with E-state index in [4.69, 9.17) is 11.6 Å². The molecular formula is C20H21ClF5N3O3S. The highest BCUT2D eigenvalue weighted by molar-refractivity contribution is 7.92. The fraction of sp³-hybridized carbons (Fsp3) is 0.350. The van der Waals surface area contributed by atoms with Crippen LogP contribution < -0.4 is 9.04 Å². The molecule has 0 N–H and O–H groups in total. The van der Waals surface area contributed by atoms with Crippen LogP contribution in [0.1, 0.15) is 12.5 Å². The van der Waals surface area contributed by atoms with Crippen LogP contribution in [0.5, 0.6) is 5.75 Å². The molecule has 0 aliphatic rings. The van der Waals surface area contributed by atoms with Gasteiger partial charge in [-0.05, 0) is 43.7 Å². The van der Waals surface area contributed by atoms with E-state index in [1.807, 2.05) is 6.92 Å². The summed E-state index contributed by atoms with van der Waals surface area (Å²) in [5.74, 6) is -2.63. The van der Waals surface area contributed by atoms with Gasteiger partial charge in [0.15, 0.2) is 11.6 Å². The van der Waals surface area contributed by atoms with Crippen molar-refractivity contribution in [1.82, 2.24) is 4.90 Å². The van der Waals surface area contributed by atoms with Crippen LogP contribution in [0.3, 0.4) is 0 Å². The molecule has 0 aliphatic heterocycles. The van der Waals surface area contributed by atoms with Crippen LogP contribution in [0.15, 0.2) is 35.3 Å². The lowest BCUT2D eigenvalue weighted by molar-refractivity contribution is -0.254. The van der Waals surface area contributed by atoms with Crippen LogP contribution in [0.2, 0.25) is 5.02 Å². The van der Waals surface area contributed by atoms with E-state index in [0.29, 0.717) is 34.2 Å². The van der Waals surface area contributed by atoms with Gasteiger partial charge in [-0.1, -0.05) is 11.6 Å². The number of hydrogen-bond acceptors (Lipinski definition) is 4. The fourth-order valence-electron chi connectivity index (χ4n) is 2.61. The smallest absolute Gasteiger partial charge is 0.425 e. The molecule has 6 nitrogen and oxygen atoms in total. The maximum Gasteiger partial charge on any atom is 0.461 e. The number of alkyl halides is 4. The molecule has 0 fully saturated rings. The average molecular weight is 514 g/mol. The van der Waals surface area contributed by atoms with E-state index in [2.05, 4.69) is 9.73 Å². The van der Waals surface area contributed by atoms with Crippen LogP contribution in [-0.4, -0.2) is 52.0 Å². The summed E-state index contributed by atoms with van der Waals surface area (Å²) in [4.78, 5) is 6.01. The van der Waals surface area contributed by atoms with Crippen LogP contribution in [0.25, 0.3) is 0 Å². The first-order valence-electron chi connectivity index (χ1n) is 9.36. The van der Waals surface area contributed by atoms with Crippen molar-refractivity contribution in [3.05, 3.63) is 46.7 Å². The standard InChI is InChI=1S/C20H21ClF5N3O3S/c1-5-28(3)11-27-16-8-12(2)17(10-14(16)21)29(33(4,30)31)13-6-7-15(22)18(9-13)32-20(25,26)19(23)24/h6-11,19H,5H2,1-4H3.